The van der Waals surface area contributed by atoms with E-state index in [-0.39, 0.29) is 5.91 Å². The van der Waals surface area contributed by atoms with Crippen LogP contribution in [0, 0.1) is 0 Å². The molecule has 1 atom stereocenters. The molecule has 0 spiro atoms. The molecule has 0 aliphatic heterocycles. The van der Waals surface area contributed by atoms with Crippen molar-refractivity contribution in [3.63, 3.8) is 0 Å². The summed E-state index contributed by atoms with van der Waals surface area (Å²) in [6.45, 7) is 1.90. The number of carboxylic acids is 1. The maximum Gasteiger partial charge on any atom is 0.326 e. The zero-order chi connectivity index (χ0) is 14.8. The Morgan fingerprint density at radius 1 is 1.35 bits per heavy atom. The largest absolute Gasteiger partial charge is 0.480 e. The second-order valence-electron chi connectivity index (χ2n) is 5.36. The molecule has 0 saturated heterocycles. The average Bonchev–Trinajstić information content (AvgIpc) is 3.20. The molecule has 4 N–H and O–H groups in total. The van der Waals surface area contributed by atoms with Gasteiger partial charge in [0.25, 0.3) is 0 Å². The van der Waals surface area contributed by atoms with Crippen LogP contribution in [-0.4, -0.2) is 23.0 Å². The molecule has 5 nitrogen and oxygen atoms in total. The van der Waals surface area contributed by atoms with Gasteiger partial charge in [0.1, 0.15) is 6.04 Å². The first-order valence-electron chi connectivity index (χ1n) is 6.89. The van der Waals surface area contributed by atoms with Crippen molar-refractivity contribution in [2.75, 3.05) is 5.73 Å². The molecular formula is C15H20N2O3. The first-order chi connectivity index (χ1) is 9.49. The van der Waals surface area contributed by atoms with Crippen LogP contribution >= 0.6 is 0 Å². The van der Waals surface area contributed by atoms with Crippen molar-refractivity contribution in [2.24, 2.45) is 0 Å². The summed E-state index contributed by atoms with van der Waals surface area (Å²) < 4.78 is 0. The second-order valence-corrected chi connectivity index (χ2v) is 5.36. The summed E-state index contributed by atoms with van der Waals surface area (Å²) in [7, 11) is 0. The van der Waals surface area contributed by atoms with Gasteiger partial charge in [0, 0.05) is 5.69 Å². The molecule has 20 heavy (non-hydrogen) atoms. The van der Waals surface area contributed by atoms with E-state index >= 15 is 0 Å². The van der Waals surface area contributed by atoms with Gasteiger partial charge in [-0.25, -0.2) is 4.79 Å². The van der Waals surface area contributed by atoms with E-state index in [0.717, 1.165) is 18.4 Å². The van der Waals surface area contributed by atoms with Gasteiger partial charge in [-0.2, -0.15) is 0 Å². The number of hydrogen-bond donors (Lipinski definition) is 3. The van der Waals surface area contributed by atoms with Gasteiger partial charge in [0.15, 0.2) is 0 Å². The van der Waals surface area contributed by atoms with Crippen LogP contribution in [0.15, 0.2) is 24.3 Å². The summed E-state index contributed by atoms with van der Waals surface area (Å²) >= 11 is 0. The second kappa shape index (κ2) is 5.53. The summed E-state index contributed by atoms with van der Waals surface area (Å²) in [5.41, 5.74) is 6.65. The molecule has 1 aliphatic rings. The summed E-state index contributed by atoms with van der Waals surface area (Å²) in [6, 6.07) is 6.42. The van der Waals surface area contributed by atoms with E-state index in [1.165, 1.54) is 0 Å². The molecule has 2 rings (SSSR count). The summed E-state index contributed by atoms with van der Waals surface area (Å²) in [4.78, 5) is 23.5. The third-order valence-electron chi connectivity index (χ3n) is 3.83. The van der Waals surface area contributed by atoms with E-state index in [2.05, 4.69) is 5.32 Å². The van der Waals surface area contributed by atoms with E-state index in [1.807, 2.05) is 19.1 Å². The first kappa shape index (κ1) is 14.4. The van der Waals surface area contributed by atoms with E-state index in [1.54, 1.807) is 12.1 Å². The standard InChI is InChI=1S/C15H20N2O3/c1-2-3-12(13(18)19)17-14(20)15(8-9-15)10-4-6-11(16)7-5-10/h4-7,12H,2-3,8-9,16H2,1H3,(H,17,20)(H,18,19)/t12-/m0/s1. The molecule has 1 fully saturated rings. The lowest BCUT2D eigenvalue weighted by Crippen LogP contribution is -2.45. The zero-order valence-electron chi connectivity index (χ0n) is 11.6. The van der Waals surface area contributed by atoms with Gasteiger partial charge in [-0.3, -0.25) is 4.79 Å². The monoisotopic (exact) mass is 276 g/mol. The molecule has 5 heteroatoms. The van der Waals surface area contributed by atoms with Crippen molar-refractivity contribution in [3.8, 4) is 0 Å². The highest BCUT2D eigenvalue weighted by atomic mass is 16.4. The summed E-state index contributed by atoms with van der Waals surface area (Å²) in [6.07, 6.45) is 2.66. The maximum absolute atomic E-state index is 12.4. The number of aliphatic carboxylic acids is 1. The van der Waals surface area contributed by atoms with Gasteiger partial charge in [0.2, 0.25) is 5.91 Å². The predicted molar refractivity (Wildman–Crippen MR) is 76.2 cm³/mol. The lowest BCUT2D eigenvalue weighted by atomic mass is 9.94. The van der Waals surface area contributed by atoms with Crippen LogP contribution in [0.3, 0.4) is 0 Å². The fourth-order valence-corrected chi connectivity index (χ4v) is 2.42. The number of carbonyl (C=O) groups excluding carboxylic acids is 1. The van der Waals surface area contributed by atoms with Crippen molar-refractivity contribution in [1.29, 1.82) is 0 Å². The number of rotatable bonds is 6. The van der Waals surface area contributed by atoms with Crippen LogP contribution in [0.1, 0.15) is 38.2 Å². The molecule has 108 valence electrons. The Balaban J connectivity index is 2.12. The third kappa shape index (κ3) is 2.76. The Morgan fingerprint density at radius 2 is 1.95 bits per heavy atom. The third-order valence-corrected chi connectivity index (χ3v) is 3.83. The van der Waals surface area contributed by atoms with E-state index < -0.39 is 17.4 Å². The van der Waals surface area contributed by atoms with Gasteiger partial charge in [0.05, 0.1) is 5.41 Å². The van der Waals surface area contributed by atoms with Crippen molar-refractivity contribution in [2.45, 2.75) is 44.1 Å². The minimum atomic E-state index is -0.978. The van der Waals surface area contributed by atoms with Gasteiger partial charge in [-0.05, 0) is 37.0 Å². The van der Waals surface area contributed by atoms with Gasteiger partial charge < -0.3 is 16.2 Å². The van der Waals surface area contributed by atoms with Crippen molar-refractivity contribution in [3.05, 3.63) is 29.8 Å². The van der Waals surface area contributed by atoms with Crippen LogP contribution in [0.2, 0.25) is 0 Å². The SMILES string of the molecule is CCC[C@H](NC(=O)C1(c2ccc(N)cc2)CC1)C(=O)O. The highest BCUT2D eigenvalue weighted by Crippen LogP contribution is 2.48. The van der Waals surface area contributed by atoms with Gasteiger partial charge in [-0.1, -0.05) is 25.5 Å². The number of anilines is 1. The lowest BCUT2D eigenvalue weighted by molar-refractivity contribution is -0.142. The Bertz CT molecular complexity index is 506. The summed E-state index contributed by atoms with van der Waals surface area (Å²) in [5.74, 6) is -1.17. The molecule has 0 bridgehead atoms. The molecule has 1 aromatic carbocycles. The number of nitrogen functional groups attached to an aromatic ring is 1. The smallest absolute Gasteiger partial charge is 0.326 e. The minimum absolute atomic E-state index is 0.192. The average molecular weight is 276 g/mol. The van der Waals surface area contributed by atoms with Crippen LogP contribution in [0.5, 0.6) is 0 Å². The Kier molecular flexibility index (Phi) is 3.97. The molecule has 0 heterocycles. The highest BCUT2D eigenvalue weighted by molar-refractivity contribution is 5.94. The molecule has 1 aliphatic carbocycles. The molecule has 0 unspecified atom stereocenters. The minimum Gasteiger partial charge on any atom is -0.480 e. The molecule has 1 saturated carbocycles. The number of nitrogens with one attached hydrogen (secondary N) is 1. The van der Waals surface area contributed by atoms with Crippen LogP contribution in [0.4, 0.5) is 5.69 Å². The van der Waals surface area contributed by atoms with E-state index in [4.69, 9.17) is 10.8 Å². The van der Waals surface area contributed by atoms with Gasteiger partial charge in [-0.15, -0.1) is 0 Å². The fraction of sp³-hybridized carbons (Fsp3) is 0.467. The maximum atomic E-state index is 12.4. The lowest BCUT2D eigenvalue weighted by Gasteiger charge is -2.20. The van der Waals surface area contributed by atoms with Crippen LogP contribution in [0.25, 0.3) is 0 Å². The number of carboxylic acid groups (broad SMARTS) is 1. The Hall–Kier alpha value is -2.04. The van der Waals surface area contributed by atoms with Crippen molar-refractivity contribution in [1.82, 2.24) is 5.32 Å². The molecule has 0 radical (unpaired) electrons. The van der Waals surface area contributed by atoms with Crippen molar-refractivity contribution >= 4 is 17.6 Å². The molecular weight excluding hydrogens is 256 g/mol. The Labute approximate surface area is 118 Å². The number of hydrogen-bond acceptors (Lipinski definition) is 3. The quantitative estimate of drug-likeness (QED) is 0.689. The number of nitrogens with two attached hydrogens (primary N) is 1. The van der Waals surface area contributed by atoms with E-state index in [9.17, 15) is 9.59 Å². The molecule has 1 amide bonds. The predicted octanol–water partition coefficient (Wildman–Crippen LogP) is 1.67. The highest BCUT2D eigenvalue weighted by Gasteiger charge is 2.51. The zero-order valence-corrected chi connectivity index (χ0v) is 11.6. The summed E-state index contributed by atoms with van der Waals surface area (Å²) in [5, 5.41) is 11.8. The topological polar surface area (TPSA) is 92.4 Å². The number of benzene rings is 1. The van der Waals surface area contributed by atoms with Gasteiger partial charge >= 0.3 is 5.97 Å². The number of carbonyl (C=O) groups is 2. The normalized spacial score (nSPS) is 17.2. The Morgan fingerprint density at radius 3 is 2.40 bits per heavy atom. The van der Waals surface area contributed by atoms with Crippen LogP contribution < -0.4 is 11.1 Å². The fourth-order valence-electron chi connectivity index (χ4n) is 2.42. The van der Waals surface area contributed by atoms with Crippen LogP contribution in [-0.2, 0) is 15.0 Å². The molecule has 0 aromatic heterocycles. The van der Waals surface area contributed by atoms with Crippen molar-refractivity contribution < 1.29 is 14.7 Å². The number of amides is 1. The molecule has 1 aromatic rings. The first-order valence-corrected chi connectivity index (χ1v) is 6.89. The van der Waals surface area contributed by atoms with E-state index in [0.29, 0.717) is 18.5 Å².